The number of amides is 1. The summed E-state index contributed by atoms with van der Waals surface area (Å²) in [5.74, 6) is -1.69. The molecule has 1 aliphatic rings. The van der Waals surface area contributed by atoms with E-state index < -0.39 is 24.0 Å². The number of carbonyl (C=O) groups is 3. The topological polar surface area (TPSA) is 95.9 Å². The molecule has 2 rings (SSSR count). The summed E-state index contributed by atoms with van der Waals surface area (Å²) in [5, 5.41) is 12.4. The van der Waals surface area contributed by atoms with Crippen LogP contribution in [0.25, 0.3) is 0 Å². The Kier molecular flexibility index (Phi) is 9.80. The Labute approximate surface area is 178 Å². The lowest BCUT2D eigenvalue weighted by molar-refractivity contribution is -0.149. The van der Waals surface area contributed by atoms with Crippen LogP contribution >= 0.6 is 0 Å². The van der Waals surface area contributed by atoms with E-state index in [0.717, 1.165) is 37.7 Å². The summed E-state index contributed by atoms with van der Waals surface area (Å²) in [6.45, 7) is 3.38. The number of hydrogen-bond acceptors (Lipinski definition) is 5. The fraction of sp³-hybridized carbons (Fsp3) is 0.609. The summed E-state index contributed by atoms with van der Waals surface area (Å²) in [4.78, 5) is 38.4. The van der Waals surface area contributed by atoms with Crippen LogP contribution in [0, 0.1) is 0 Å². The van der Waals surface area contributed by atoms with Crippen LogP contribution in [0.2, 0.25) is 0 Å². The number of nitrogens with one attached hydrogen (secondary N) is 1. The van der Waals surface area contributed by atoms with Gasteiger partial charge in [0.1, 0.15) is 12.6 Å². The van der Waals surface area contributed by atoms with Crippen molar-refractivity contribution in [1.82, 2.24) is 10.2 Å². The minimum Gasteiger partial charge on any atom is -0.480 e. The van der Waals surface area contributed by atoms with E-state index in [9.17, 15) is 19.5 Å². The van der Waals surface area contributed by atoms with Gasteiger partial charge >= 0.3 is 11.9 Å². The molecule has 30 heavy (non-hydrogen) atoms. The summed E-state index contributed by atoms with van der Waals surface area (Å²) < 4.78 is 5.19. The second-order valence-corrected chi connectivity index (χ2v) is 7.87. The Bertz CT molecular complexity index is 688. The minimum atomic E-state index is -1.02. The first kappa shape index (κ1) is 23.9. The first-order valence-electron chi connectivity index (χ1n) is 10.9. The van der Waals surface area contributed by atoms with Gasteiger partial charge in [-0.25, -0.2) is 0 Å². The Balaban J connectivity index is 2.06. The van der Waals surface area contributed by atoms with Gasteiger partial charge in [0.05, 0.1) is 12.6 Å². The summed E-state index contributed by atoms with van der Waals surface area (Å²) in [5.41, 5.74) is 1.10. The molecule has 7 heteroatoms. The number of aryl methyl sites for hydroxylation is 1. The maximum absolute atomic E-state index is 13.1. The number of hydrogen-bond donors (Lipinski definition) is 2. The van der Waals surface area contributed by atoms with Gasteiger partial charge < -0.3 is 14.7 Å². The smallest absolute Gasteiger partial charge is 0.323 e. The van der Waals surface area contributed by atoms with Crippen molar-refractivity contribution < 1.29 is 24.2 Å². The second-order valence-electron chi connectivity index (χ2n) is 7.87. The van der Waals surface area contributed by atoms with E-state index in [-0.39, 0.29) is 25.1 Å². The number of rotatable bonds is 11. The van der Waals surface area contributed by atoms with Gasteiger partial charge in [0.2, 0.25) is 5.91 Å². The third-order valence-corrected chi connectivity index (χ3v) is 5.56. The molecule has 0 radical (unpaired) electrons. The molecule has 0 aliphatic heterocycles. The van der Waals surface area contributed by atoms with E-state index in [1.807, 2.05) is 30.3 Å². The molecule has 1 amide bonds. The molecule has 0 bridgehead atoms. The number of carboxylic acid groups (broad SMARTS) is 1. The van der Waals surface area contributed by atoms with Crippen LogP contribution in [0.5, 0.6) is 0 Å². The van der Waals surface area contributed by atoms with Gasteiger partial charge in [-0.3, -0.25) is 19.7 Å². The zero-order valence-corrected chi connectivity index (χ0v) is 18.0. The zero-order chi connectivity index (χ0) is 21.9. The lowest BCUT2D eigenvalue weighted by atomic mass is 9.93. The highest BCUT2D eigenvalue weighted by Gasteiger charge is 2.32. The lowest BCUT2D eigenvalue weighted by Crippen LogP contribution is -2.54. The third kappa shape index (κ3) is 7.44. The molecule has 2 N–H and O–H groups in total. The summed E-state index contributed by atoms with van der Waals surface area (Å²) in [6, 6.07) is 8.44. The first-order valence-corrected chi connectivity index (χ1v) is 10.9. The molecule has 166 valence electrons. The van der Waals surface area contributed by atoms with E-state index in [4.69, 9.17) is 4.74 Å². The molecule has 1 aromatic carbocycles. The van der Waals surface area contributed by atoms with Crippen LogP contribution in [0.15, 0.2) is 30.3 Å². The first-order chi connectivity index (χ1) is 14.4. The molecule has 1 fully saturated rings. The largest absolute Gasteiger partial charge is 0.480 e. The van der Waals surface area contributed by atoms with Gasteiger partial charge in [0.15, 0.2) is 0 Å². The second kappa shape index (κ2) is 12.3. The van der Waals surface area contributed by atoms with Crippen LogP contribution in [0.4, 0.5) is 0 Å². The van der Waals surface area contributed by atoms with E-state index in [0.29, 0.717) is 12.8 Å². The molecule has 1 aliphatic carbocycles. The monoisotopic (exact) mass is 418 g/mol. The molecule has 1 saturated carbocycles. The van der Waals surface area contributed by atoms with Gasteiger partial charge in [-0.15, -0.1) is 0 Å². The molecular weight excluding hydrogens is 384 g/mol. The van der Waals surface area contributed by atoms with Gasteiger partial charge in [-0.2, -0.15) is 0 Å². The number of nitrogens with zero attached hydrogens (tertiary/aromatic N) is 1. The van der Waals surface area contributed by atoms with Crippen molar-refractivity contribution in [3.05, 3.63) is 35.9 Å². The maximum Gasteiger partial charge on any atom is 0.323 e. The highest BCUT2D eigenvalue weighted by atomic mass is 16.5. The molecule has 1 aromatic rings. The molecule has 0 aromatic heterocycles. The molecule has 0 saturated heterocycles. The van der Waals surface area contributed by atoms with Gasteiger partial charge in [0.25, 0.3) is 0 Å². The number of aliphatic carboxylic acids is 1. The number of ether oxygens (including phenoxy) is 1. The molecule has 2 atom stereocenters. The molecule has 0 heterocycles. The van der Waals surface area contributed by atoms with Gasteiger partial charge in [-0.05, 0) is 45.1 Å². The minimum absolute atomic E-state index is 0.0584. The Morgan fingerprint density at radius 1 is 1.17 bits per heavy atom. The Morgan fingerprint density at radius 3 is 2.43 bits per heavy atom. The van der Waals surface area contributed by atoms with E-state index in [1.165, 1.54) is 4.90 Å². The third-order valence-electron chi connectivity index (χ3n) is 5.56. The molecule has 0 spiro atoms. The predicted molar refractivity (Wildman–Crippen MR) is 114 cm³/mol. The van der Waals surface area contributed by atoms with Crippen LogP contribution in [0.1, 0.15) is 57.9 Å². The zero-order valence-electron chi connectivity index (χ0n) is 18.0. The summed E-state index contributed by atoms with van der Waals surface area (Å²) >= 11 is 0. The Morgan fingerprint density at radius 2 is 1.83 bits per heavy atom. The van der Waals surface area contributed by atoms with Crippen LogP contribution < -0.4 is 5.32 Å². The van der Waals surface area contributed by atoms with Crippen LogP contribution in [-0.4, -0.2) is 59.1 Å². The highest BCUT2D eigenvalue weighted by molar-refractivity contribution is 5.86. The number of benzene rings is 1. The molecule has 1 unspecified atom stereocenters. The average Bonchev–Trinajstić information content (AvgIpc) is 2.75. The molecule has 7 nitrogen and oxygen atoms in total. The number of carbonyl (C=O) groups excluding carboxylic acids is 2. The average molecular weight is 419 g/mol. The van der Waals surface area contributed by atoms with Crippen molar-refractivity contribution in [2.75, 3.05) is 13.2 Å². The van der Waals surface area contributed by atoms with E-state index >= 15 is 0 Å². The van der Waals surface area contributed by atoms with Crippen molar-refractivity contribution in [3.63, 3.8) is 0 Å². The SMILES string of the molecule is CCOC(=O)C(CCc1ccccc1)N[C@@H](C)C(=O)N(CC(=O)O)C1CCCCC1. The predicted octanol–water partition coefficient (Wildman–Crippen LogP) is 2.77. The maximum atomic E-state index is 13.1. The van der Waals surface area contributed by atoms with Crippen molar-refractivity contribution in [2.45, 2.75) is 76.9 Å². The fourth-order valence-corrected chi connectivity index (χ4v) is 4.01. The summed E-state index contributed by atoms with van der Waals surface area (Å²) in [7, 11) is 0. The summed E-state index contributed by atoms with van der Waals surface area (Å²) in [6.07, 6.45) is 5.91. The number of carboxylic acids is 1. The Hall–Kier alpha value is -2.41. The normalized spacial score (nSPS) is 16.5. The highest BCUT2D eigenvalue weighted by Crippen LogP contribution is 2.23. The standard InChI is InChI=1S/C23H34N2O5/c1-3-30-23(29)20(15-14-18-10-6-4-7-11-18)24-17(2)22(28)25(16-21(26)27)19-12-8-5-9-13-19/h4,6-7,10-11,17,19-20,24H,3,5,8-9,12-16H2,1-2H3,(H,26,27)/t17-,20?/m0/s1. The van der Waals surface area contributed by atoms with Crippen LogP contribution in [0.3, 0.4) is 0 Å². The lowest BCUT2D eigenvalue weighted by Gasteiger charge is -2.35. The van der Waals surface area contributed by atoms with Crippen molar-refractivity contribution in [1.29, 1.82) is 0 Å². The van der Waals surface area contributed by atoms with Crippen molar-refractivity contribution >= 4 is 17.8 Å². The van der Waals surface area contributed by atoms with Crippen molar-refractivity contribution in [2.24, 2.45) is 0 Å². The quantitative estimate of drug-likeness (QED) is 0.537. The van der Waals surface area contributed by atoms with E-state index in [2.05, 4.69) is 5.32 Å². The van der Waals surface area contributed by atoms with Crippen molar-refractivity contribution in [3.8, 4) is 0 Å². The van der Waals surface area contributed by atoms with E-state index in [1.54, 1.807) is 13.8 Å². The van der Waals surface area contributed by atoms with Gasteiger partial charge in [-0.1, -0.05) is 49.6 Å². The van der Waals surface area contributed by atoms with Crippen LogP contribution in [-0.2, 0) is 25.5 Å². The van der Waals surface area contributed by atoms with Gasteiger partial charge in [0, 0.05) is 6.04 Å². The fourth-order valence-electron chi connectivity index (χ4n) is 4.01. The molecular formula is C23H34N2O5. The number of esters is 1.